The standard InChI is InChI=1S/C7H13FN2/c1-3-4-6(5-9)7(8)10-2/h4H,3,5,9H2,1-2H3/b6-4-,10-7?. The number of hydrogen-bond donors (Lipinski definition) is 1. The van der Waals surface area contributed by atoms with Gasteiger partial charge in [0.15, 0.2) is 0 Å². The van der Waals surface area contributed by atoms with E-state index in [1.807, 2.05) is 6.92 Å². The second-order valence-electron chi connectivity index (χ2n) is 1.86. The number of allylic oxidation sites excluding steroid dienone is 1. The smallest absolute Gasteiger partial charge is 0.212 e. The summed E-state index contributed by atoms with van der Waals surface area (Å²) in [6.07, 6.45) is 2.53. The molecule has 3 heteroatoms. The summed E-state index contributed by atoms with van der Waals surface area (Å²) in [6, 6.07) is 0. The normalized spacial score (nSPS) is 14.0. The lowest BCUT2D eigenvalue weighted by atomic mass is 10.2. The minimum atomic E-state index is -0.454. The van der Waals surface area contributed by atoms with Gasteiger partial charge in [0, 0.05) is 19.2 Å². The fraction of sp³-hybridized carbons (Fsp3) is 0.571. The molecule has 0 aromatic heterocycles. The molecule has 2 nitrogen and oxygen atoms in total. The van der Waals surface area contributed by atoms with Crippen molar-refractivity contribution >= 4 is 5.97 Å². The van der Waals surface area contributed by atoms with Crippen LogP contribution in [-0.4, -0.2) is 19.6 Å². The predicted molar refractivity (Wildman–Crippen MR) is 41.9 cm³/mol. The lowest BCUT2D eigenvalue weighted by molar-refractivity contribution is 0.793. The first-order valence-corrected chi connectivity index (χ1v) is 3.28. The molecule has 2 N–H and O–H groups in total. The minimum absolute atomic E-state index is 0.219. The van der Waals surface area contributed by atoms with Gasteiger partial charge in [-0.25, -0.2) is 0 Å². The van der Waals surface area contributed by atoms with Crippen molar-refractivity contribution in [2.24, 2.45) is 10.7 Å². The van der Waals surface area contributed by atoms with Crippen LogP contribution in [0.3, 0.4) is 0 Å². The van der Waals surface area contributed by atoms with E-state index in [0.717, 1.165) is 6.42 Å². The molecule has 0 aromatic rings. The van der Waals surface area contributed by atoms with Gasteiger partial charge in [-0.1, -0.05) is 13.0 Å². The van der Waals surface area contributed by atoms with Gasteiger partial charge in [0.2, 0.25) is 5.97 Å². The summed E-state index contributed by atoms with van der Waals surface area (Å²) < 4.78 is 12.6. The Morgan fingerprint density at radius 2 is 2.30 bits per heavy atom. The fourth-order valence-corrected chi connectivity index (χ4v) is 0.642. The van der Waals surface area contributed by atoms with E-state index in [2.05, 4.69) is 4.99 Å². The lowest BCUT2D eigenvalue weighted by Gasteiger charge is -1.96. The number of nitrogens with two attached hydrogens (primary N) is 1. The lowest BCUT2D eigenvalue weighted by Crippen LogP contribution is -2.09. The van der Waals surface area contributed by atoms with Gasteiger partial charge in [-0.3, -0.25) is 4.99 Å². The Kier molecular flexibility index (Phi) is 4.76. The Bertz CT molecular complexity index is 150. The molecule has 0 saturated heterocycles. The molecule has 0 aromatic carbocycles. The summed E-state index contributed by atoms with van der Waals surface area (Å²) >= 11 is 0. The summed E-state index contributed by atoms with van der Waals surface area (Å²) in [5.41, 5.74) is 5.74. The van der Waals surface area contributed by atoms with Crippen LogP contribution in [0.5, 0.6) is 0 Å². The van der Waals surface area contributed by atoms with Crippen LogP contribution in [0.15, 0.2) is 16.6 Å². The molecular weight excluding hydrogens is 131 g/mol. The van der Waals surface area contributed by atoms with E-state index >= 15 is 0 Å². The van der Waals surface area contributed by atoms with Gasteiger partial charge >= 0.3 is 0 Å². The van der Waals surface area contributed by atoms with Crippen molar-refractivity contribution in [2.45, 2.75) is 13.3 Å². The third-order valence-corrected chi connectivity index (χ3v) is 1.13. The monoisotopic (exact) mass is 144 g/mol. The zero-order chi connectivity index (χ0) is 7.98. The first-order chi connectivity index (χ1) is 4.76. The molecule has 0 amide bonds. The van der Waals surface area contributed by atoms with E-state index in [1.54, 1.807) is 6.08 Å². The molecule has 0 spiro atoms. The summed E-state index contributed by atoms with van der Waals surface area (Å²) in [6.45, 7) is 2.15. The molecule has 10 heavy (non-hydrogen) atoms. The van der Waals surface area contributed by atoms with E-state index in [-0.39, 0.29) is 6.54 Å². The summed E-state index contributed by atoms with van der Waals surface area (Å²) in [5, 5.41) is 0. The predicted octanol–water partition coefficient (Wildman–Crippen LogP) is 1.28. The van der Waals surface area contributed by atoms with Crippen molar-refractivity contribution < 1.29 is 4.39 Å². The van der Waals surface area contributed by atoms with Crippen LogP contribution >= 0.6 is 0 Å². The van der Waals surface area contributed by atoms with Crippen molar-refractivity contribution in [1.82, 2.24) is 0 Å². The van der Waals surface area contributed by atoms with Crippen LogP contribution in [0.1, 0.15) is 13.3 Å². The van der Waals surface area contributed by atoms with Crippen molar-refractivity contribution in [1.29, 1.82) is 0 Å². The Morgan fingerprint density at radius 3 is 2.60 bits per heavy atom. The van der Waals surface area contributed by atoms with Gasteiger partial charge in [-0.15, -0.1) is 0 Å². The first kappa shape index (κ1) is 9.30. The third kappa shape index (κ3) is 2.73. The van der Waals surface area contributed by atoms with Gasteiger partial charge in [0.25, 0.3) is 0 Å². The van der Waals surface area contributed by atoms with Crippen molar-refractivity contribution in [3.8, 4) is 0 Å². The molecule has 0 fully saturated rings. The summed E-state index contributed by atoms with van der Waals surface area (Å²) in [5.74, 6) is -0.454. The average molecular weight is 144 g/mol. The van der Waals surface area contributed by atoms with Crippen LogP contribution < -0.4 is 5.73 Å². The number of halogens is 1. The van der Waals surface area contributed by atoms with Gasteiger partial charge in [-0.05, 0) is 6.42 Å². The minimum Gasteiger partial charge on any atom is -0.326 e. The number of rotatable bonds is 3. The SMILES string of the molecule is CC/C=C(/CN)C(F)=NC. The van der Waals surface area contributed by atoms with E-state index in [1.165, 1.54) is 7.05 Å². The summed E-state index contributed by atoms with van der Waals surface area (Å²) in [7, 11) is 1.41. The number of nitrogens with zero attached hydrogens (tertiary/aromatic N) is 1. The van der Waals surface area contributed by atoms with Crippen LogP contribution in [0.4, 0.5) is 4.39 Å². The van der Waals surface area contributed by atoms with E-state index in [0.29, 0.717) is 5.57 Å². The Hall–Kier alpha value is -0.700. The van der Waals surface area contributed by atoms with Gasteiger partial charge in [-0.2, -0.15) is 4.39 Å². The number of hydrogen-bond acceptors (Lipinski definition) is 2. The molecule has 0 aliphatic heterocycles. The molecule has 0 bridgehead atoms. The van der Waals surface area contributed by atoms with E-state index < -0.39 is 5.97 Å². The Morgan fingerprint density at radius 1 is 1.70 bits per heavy atom. The van der Waals surface area contributed by atoms with Crippen molar-refractivity contribution in [3.63, 3.8) is 0 Å². The molecule has 0 atom stereocenters. The summed E-state index contributed by atoms with van der Waals surface area (Å²) in [4.78, 5) is 3.38. The Labute approximate surface area is 60.6 Å². The second-order valence-corrected chi connectivity index (χ2v) is 1.86. The zero-order valence-electron chi connectivity index (χ0n) is 6.39. The highest BCUT2D eigenvalue weighted by molar-refractivity contribution is 5.92. The van der Waals surface area contributed by atoms with E-state index in [4.69, 9.17) is 5.73 Å². The second kappa shape index (κ2) is 5.11. The zero-order valence-corrected chi connectivity index (χ0v) is 6.39. The topological polar surface area (TPSA) is 38.4 Å². The molecule has 0 rings (SSSR count). The molecular formula is C7H13FN2. The maximum absolute atomic E-state index is 12.6. The molecule has 0 unspecified atom stereocenters. The van der Waals surface area contributed by atoms with Crippen LogP contribution in [0.25, 0.3) is 0 Å². The highest BCUT2D eigenvalue weighted by Gasteiger charge is 1.99. The van der Waals surface area contributed by atoms with Crippen LogP contribution in [-0.2, 0) is 0 Å². The van der Waals surface area contributed by atoms with Gasteiger partial charge in [0.05, 0.1) is 0 Å². The maximum Gasteiger partial charge on any atom is 0.212 e. The quantitative estimate of drug-likeness (QED) is 0.595. The van der Waals surface area contributed by atoms with Gasteiger partial charge < -0.3 is 5.73 Å². The molecule has 0 saturated carbocycles. The largest absolute Gasteiger partial charge is 0.326 e. The van der Waals surface area contributed by atoms with Crippen LogP contribution in [0.2, 0.25) is 0 Å². The molecule has 0 heterocycles. The van der Waals surface area contributed by atoms with Crippen LogP contribution in [0, 0.1) is 0 Å². The average Bonchev–Trinajstić information content (AvgIpc) is 1.99. The number of aliphatic imine (C=N–C) groups is 1. The fourth-order valence-electron chi connectivity index (χ4n) is 0.642. The van der Waals surface area contributed by atoms with Crippen molar-refractivity contribution in [2.75, 3.05) is 13.6 Å². The first-order valence-electron chi connectivity index (χ1n) is 3.28. The molecule has 0 radical (unpaired) electrons. The molecule has 58 valence electrons. The Balaban J connectivity index is 4.21. The highest BCUT2D eigenvalue weighted by atomic mass is 19.1. The van der Waals surface area contributed by atoms with E-state index in [9.17, 15) is 4.39 Å². The molecule has 0 aliphatic carbocycles. The molecule has 0 aliphatic rings. The van der Waals surface area contributed by atoms with Gasteiger partial charge in [0.1, 0.15) is 0 Å². The maximum atomic E-state index is 12.6. The highest BCUT2D eigenvalue weighted by Crippen LogP contribution is 1.98. The van der Waals surface area contributed by atoms with Crippen molar-refractivity contribution in [3.05, 3.63) is 11.6 Å². The third-order valence-electron chi connectivity index (χ3n) is 1.13.